The number of hydrogen-bond donors (Lipinski definition) is 5. The van der Waals surface area contributed by atoms with Gasteiger partial charge in [-0.25, -0.2) is 9.13 Å². The molecule has 0 rings (SSSR count). The van der Waals surface area contributed by atoms with Gasteiger partial charge in [0.2, 0.25) is 0 Å². The number of carbonyl (C=O) groups is 2. The van der Waals surface area contributed by atoms with E-state index in [1.807, 2.05) is 12.2 Å². The lowest BCUT2D eigenvalue weighted by molar-refractivity contribution is -0.161. The van der Waals surface area contributed by atoms with Gasteiger partial charge >= 0.3 is 27.6 Å². The van der Waals surface area contributed by atoms with Crippen LogP contribution in [0, 0.1) is 5.92 Å². The van der Waals surface area contributed by atoms with E-state index in [1.165, 1.54) is 51.4 Å². The number of phosphoric acid groups is 2. The Bertz CT molecular complexity index is 1140. The fourth-order valence-corrected chi connectivity index (χ4v) is 6.17. The third-order valence-corrected chi connectivity index (χ3v) is 9.49. The summed E-state index contributed by atoms with van der Waals surface area (Å²) in [5.74, 6) is -0.550. The molecule has 14 nitrogen and oxygen atoms in total. The van der Waals surface area contributed by atoms with Crippen molar-refractivity contribution in [2.45, 2.75) is 161 Å². The Hall–Kier alpha value is -1.70. The minimum absolute atomic E-state index is 0.0925. The van der Waals surface area contributed by atoms with E-state index >= 15 is 0 Å². The minimum Gasteiger partial charge on any atom is -0.462 e. The summed E-state index contributed by atoms with van der Waals surface area (Å²) in [6.45, 7) is 3.71. The highest BCUT2D eigenvalue weighted by Gasteiger charge is 2.28. The molecule has 0 aromatic rings. The summed E-state index contributed by atoms with van der Waals surface area (Å²) >= 11 is 0. The summed E-state index contributed by atoms with van der Waals surface area (Å²) in [5, 5.41) is 20.0. The number of allylic oxidation sites excluding steroid dienone is 5. The van der Waals surface area contributed by atoms with Crippen LogP contribution in [0.3, 0.4) is 0 Å². The lowest BCUT2D eigenvalue weighted by atomic mass is 10.0. The van der Waals surface area contributed by atoms with Crippen molar-refractivity contribution in [2.24, 2.45) is 5.92 Å². The molecular weight excluding hydrogens is 742 g/mol. The first-order chi connectivity index (χ1) is 25.6. The van der Waals surface area contributed by atoms with Crippen LogP contribution in [0.1, 0.15) is 143 Å². The molecule has 0 amide bonds. The van der Waals surface area contributed by atoms with Gasteiger partial charge in [-0.3, -0.25) is 23.2 Å². The monoisotopic (exact) mass is 812 g/mol. The number of ether oxygens (including phenoxy) is 2. The van der Waals surface area contributed by atoms with Crippen LogP contribution < -0.4 is 0 Å². The van der Waals surface area contributed by atoms with Crippen LogP contribution in [-0.4, -0.2) is 81.6 Å². The first-order valence-electron chi connectivity index (χ1n) is 19.6. The zero-order valence-electron chi connectivity index (χ0n) is 32.8. The maximum Gasteiger partial charge on any atom is 0.472 e. The summed E-state index contributed by atoms with van der Waals surface area (Å²) in [6.07, 6.45) is 25.1. The van der Waals surface area contributed by atoms with E-state index < -0.39 is 72.3 Å². The second-order valence-electron chi connectivity index (χ2n) is 13.9. The fraction of sp³-hybridized carbons (Fsp3) is 0.789. The van der Waals surface area contributed by atoms with Gasteiger partial charge in [-0.2, -0.15) is 0 Å². The molecule has 5 N–H and O–H groups in total. The van der Waals surface area contributed by atoms with Gasteiger partial charge in [0.25, 0.3) is 0 Å². The van der Waals surface area contributed by atoms with Crippen LogP contribution in [0.15, 0.2) is 36.5 Å². The van der Waals surface area contributed by atoms with Crippen LogP contribution in [-0.2, 0) is 41.8 Å². The summed E-state index contributed by atoms with van der Waals surface area (Å²) in [6, 6.07) is 0. The predicted octanol–water partition coefficient (Wildman–Crippen LogP) is 8.16. The molecule has 16 heteroatoms. The molecule has 0 aliphatic heterocycles. The van der Waals surface area contributed by atoms with Crippen molar-refractivity contribution in [1.29, 1.82) is 0 Å². The zero-order valence-corrected chi connectivity index (χ0v) is 34.6. The molecule has 0 fully saturated rings. The Kier molecular flexibility index (Phi) is 32.4. The third kappa shape index (κ3) is 37.2. The minimum atomic E-state index is -4.88. The molecule has 0 aliphatic rings. The molecular formula is C38H70O14P2. The molecule has 0 bridgehead atoms. The lowest BCUT2D eigenvalue weighted by Crippen LogP contribution is -2.30. The highest BCUT2D eigenvalue weighted by molar-refractivity contribution is 7.47. The molecule has 316 valence electrons. The Morgan fingerprint density at radius 2 is 1.26 bits per heavy atom. The smallest absolute Gasteiger partial charge is 0.462 e. The Balaban J connectivity index is 4.76. The van der Waals surface area contributed by atoms with E-state index in [9.17, 15) is 33.8 Å². The predicted molar refractivity (Wildman–Crippen MR) is 208 cm³/mol. The topological polar surface area (TPSA) is 216 Å². The number of carbonyl (C=O) groups excluding carboxylic acids is 2. The lowest BCUT2D eigenvalue weighted by Gasteiger charge is -2.20. The summed E-state index contributed by atoms with van der Waals surface area (Å²) in [5.41, 5.74) is 0. The molecule has 54 heavy (non-hydrogen) atoms. The molecule has 0 saturated heterocycles. The largest absolute Gasteiger partial charge is 0.472 e. The molecule has 0 aliphatic carbocycles. The van der Waals surface area contributed by atoms with E-state index in [2.05, 4.69) is 42.0 Å². The highest BCUT2D eigenvalue weighted by Crippen LogP contribution is 2.43. The normalized spacial score (nSPS) is 15.3. The molecule has 0 saturated carbocycles. The van der Waals surface area contributed by atoms with Gasteiger partial charge in [-0.1, -0.05) is 128 Å². The van der Waals surface area contributed by atoms with Gasteiger partial charge in [0, 0.05) is 12.8 Å². The molecule has 0 aromatic carbocycles. The second kappa shape index (κ2) is 33.4. The van der Waals surface area contributed by atoms with E-state index in [0.29, 0.717) is 12.3 Å². The van der Waals surface area contributed by atoms with Crippen LogP contribution in [0.4, 0.5) is 0 Å². The van der Waals surface area contributed by atoms with E-state index in [4.69, 9.17) is 23.8 Å². The van der Waals surface area contributed by atoms with Crippen molar-refractivity contribution in [3.63, 3.8) is 0 Å². The quantitative estimate of drug-likeness (QED) is 0.0133. The number of rotatable bonds is 36. The maximum atomic E-state index is 12.6. The van der Waals surface area contributed by atoms with Crippen molar-refractivity contribution in [1.82, 2.24) is 0 Å². The zero-order chi connectivity index (χ0) is 40.5. The average molecular weight is 813 g/mol. The summed E-state index contributed by atoms with van der Waals surface area (Å²) < 4.78 is 47.4. The number of esters is 2. The molecule has 0 radical (unpaired) electrons. The van der Waals surface area contributed by atoms with Gasteiger partial charge in [-0.05, 0) is 44.4 Å². The van der Waals surface area contributed by atoms with Gasteiger partial charge in [0.05, 0.1) is 25.9 Å². The fourth-order valence-electron chi connectivity index (χ4n) is 5.01. The molecule has 0 spiro atoms. The number of hydrogen-bond acceptors (Lipinski definition) is 11. The van der Waals surface area contributed by atoms with Gasteiger partial charge in [-0.15, -0.1) is 0 Å². The van der Waals surface area contributed by atoms with Crippen LogP contribution in [0.5, 0.6) is 0 Å². The first-order valence-corrected chi connectivity index (χ1v) is 22.7. The van der Waals surface area contributed by atoms with Crippen molar-refractivity contribution < 1.29 is 66.7 Å². The standard InChI is InChI=1S/C38H70O14P2/c1-4-5-6-7-8-9-10-11-12-13-14-18-21-25-34(39)26-23-28-38(42)52-36(31-48-37(41)27-22-19-16-15-17-20-24-33(2)3)32-51-54(46,47)50-30-35(40)29-49-53(43,44)45/h11-12,14,18,21,25,33-36,39-40H,4-10,13,15-17,19-20,22-24,26-32H2,1-3H3,(H,46,47)(H2,43,44,45)/b12-11+,18-14+,25-21+/t34?,35-,36+/m0/s1. The Labute approximate surface area is 323 Å². The molecule has 2 unspecified atom stereocenters. The number of aliphatic hydroxyl groups excluding tert-OH is 2. The maximum absolute atomic E-state index is 12.6. The highest BCUT2D eigenvalue weighted by atomic mass is 31.2. The first kappa shape index (κ1) is 52.3. The van der Waals surface area contributed by atoms with E-state index in [1.54, 1.807) is 12.2 Å². The van der Waals surface area contributed by atoms with Crippen molar-refractivity contribution in [2.75, 3.05) is 26.4 Å². The molecule has 0 heterocycles. The summed E-state index contributed by atoms with van der Waals surface area (Å²) in [4.78, 5) is 52.4. The molecule has 0 aromatic heterocycles. The van der Waals surface area contributed by atoms with E-state index in [-0.39, 0.29) is 25.7 Å². The number of aliphatic hydroxyl groups is 2. The Morgan fingerprint density at radius 3 is 1.94 bits per heavy atom. The average Bonchev–Trinajstić information content (AvgIpc) is 3.10. The van der Waals surface area contributed by atoms with E-state index in [0.717, 1.165) is 38.5 Å². The van der Waals surface area contributed by atoms with Crippen molar-refractivity contribution in [3.8, 4) is 0 Å². The van der Waals surface area contributed by atoms with Crippen LogP contribution >= 0.6 is 15.6 Å². The van der Waals surface area contributed by atoms with Crippen molar-refractivity contribution in [3.05, 3.63) is 36.5 Å². The van der Waals surface area contributed by atoms with Crippen molar-refractivity contribution >= 4 is 27.6 Å². The second-order valence-corrected chi connectivity index (χ2v) is 16.6. The number of phosphoric ester groups is 2. The summed E-state index contributed by atoms with van der Waals surface area (Å²) in [7, 11) is -9.73. The molecule has 4 atom stereocenters. The Morgan fingerprint density at radius 1 is 0.648 bits per heavy atom. The third-order valence-electron chi connectivity index (χ3n) is 8.05. The SMILES string of the molecule is CCCCCCCC/C=C/C/C=C/C=C/C(O)CCCC(=O)O[C@H](COC(=O)CCCCCCCCC(C)C)COP(=O)(O)OC[C@@H](O)COP(=O)(O)O. The van der Waals surface area contributed by atoms with Gasteiger partial charge < -0.3 is 34.4 Å². The van der Waals surface area contributed by atoms with Crippen LogP contribution in [0.25, 0.3) is 0 Å². The van der Waals surface area contributed by atoms with Crippen LogP contribution in [0.2, 0.25) is 0 Å². The van der Waals surface area contributed by atoms with Gasteiger partial charge in [0.1, 0.15) is 12.7 Å². The number of unbranched alkanes of at least 4 members (excludes halogenated alkanes) is 11. The van der Waals surface area contributed by atoms with Gasteiger partial charge in [0.15, 0.2) is 6.10 Å².